The Kier molecular flexibility index (Phi) is 7.19. The topological polar surface area (TPSA) is 82.2 Å². The molecule has 0 saturated carbocycles. The maximum Gasteiger partial charge on any atom is 0.251 e. The standard InChI is InChI=1S/C23H24Cl2N4O4/c1-33-20-7-6-15(12-17(20)25)29-22(31)13-19(23(29)32)28-10-8-27(9-11-28)14-21(30)26-18-5-3-2-4-16(18)24/h2-7,12,19H,8-11,13-14H2,1H3,(H,26,30). The lowest BCUT2D eigenvalue weighted by atomic mass is 10.1. The fraction of sp³-hybridized carbons (Fsp3) is 0.348. The minimum Gasteiger partial charge on any atom is -0.495 e. The Morgan fingerprint density at radius 3 is 2.45 bits per heavy atom. The summed E-state index contributed by atoms with van der Waals surface area (Å²) in [5, 5.41) is 3.65. The second-order valence-electron chi connectivity index (χ2n) is 7.95. The second-order valence-corrected chi connectivity index (χ2v) is 8.76. The number of para-hydroxylation sites is 1. The van der Waals surface area contributed by atoms with Crippen LogP contribution in [0.3, 0.4) is 0 Å². The second kappa shape index (κ2) is 10.1. The van der Waals surface area contributed by atoms with Crippen molar-refractivity contribution in [2.24, 2.45) is 0 Å². The lowest BCUT2D eigenvalue weighted by molar-refractivity contribution is -0.124. The summed E-state index contributed by atoms with van der Waals surface area (Å²) in [6.45, 7) is 2.62. The van der Waals surface area contributed by atoms with Gasteiger partial charge in [-0.15, -0.1) is 0 Å². The third kappa shape index (κ3) is 5.14. The largest absolute Gasteiger partial charge is 0.495 e. The number of hydrogen-bond donors (Lipinski definition) is 1. The Bertz CT molecular complexity index is 1070. The molecule has 1 N–H and O–H groups in total. The number of halogens is 2. The molecule has 2 heterocycles. The van der Waals surface area contributed by atoms with E-state index < -0.39 is 6.04 Å². The first kappa shape index (κ1) is 23.5. The smallest absolute Gasteiger partial charge is 0.251 e. The molecule has 0 spiro atoms. The van der Waals surface area contributed by atoms with Gasteiger partial charge in [0.1, 0.15) is 5.75 Å². The van der Waals surface area contributed by atoms with E-state index >= 15 is 0 Å². The van der Waals surface area contributed by atoms with E-state index in [1.807, 2.05) is 15.9 Å². The minimum absolute atomic E-state index is 0.121. The van der Waals surface area contributed by atoms with Gasteiger partial charge in [0.25, 0.3) is 5.91 Å². The molecule has 10 heteroatoms. The van der Waals surface area contributed by atoms with E-state index in [1.54, 1.807) is 36.4 Å². The number of benzene rings is 2. The number of carbonyl (C=O) groups is 3. The van der Waals surface area contributed by atoms with Crippen molar-refractivity contribution in [3.8, 4) is 5.75 Å². The number of hydrogen-bond acceptors (Lipinski definition) is 6. The van der Waals surface area contributed by atoms with Gasteiger partial charge in [-0.1, -0.05) is 35.3 Å². The third-order valence-electron chi connectivity index (χ3n) is 5.88. The minimum atomic E-state index is -0.516. The fourth-order valence-electron chi connectivity index (χ4n) is 4.16. The highest BCUT2D eigenvalue weighted by atomic mass is 35.5. The number of amides is 3. The average Bonchev–Trinajstić information content (AvgIpc) is 3.09. The Morgan fingerprint density at radius 2 is 1.79 bits per heavy atom. The summed E-state index contributed by atoms with van der Waals surface area (Å²) < 4.78 is 5.14. The van der Waals surface area contributed by atoms with E-state index in [4.69, 9.17) is 27.9 Å². The normalized spacial score (nSPS) is 19.7. The molecule has 33 heavy (non-hydrogen) atoms. The predicted molar refractivity (Wildman–Crippen MR) is 127 cm³/mol. The Balaban J connectivity index is 1.33. The highest BCUT2D eigenvalue weighted by Gasteiger charge is 2.43. The summed E-state index contributed by atoms with van der Waals surface area (Å²) in [7, 11) is 1.50. The molecule has 0 aliphatic carbocycles. The molecule has 2 saturated heterocycles. The molecule has 8 nitrogen and oxygen atoms in total. The highest BCUT2D eigenvalue weighted by Crippen LogP contribution is 2.32. The van der Waals surface area contributed by atoms with Crippen molar-refractivity contribution >= 4 is 52.3 Å². The van der Waals surface area contributed by atoms with E-state index in [-0.39, 0.29) is 30.7 Å². The highest BCUT2D eigenvalue weighted by molar-refractivity contribution is 6.33. The molecule has 1 atom stereocenters. The van der Waals surface area contributed by atoms with Crippen molar-refractivity contribution in [3.05, 3.63) is 52.5 Å². The number of rotatable bonds is 6. The molecule has 1 unspecified atom stereocenters. The monoisotopic (exact) mass is 490 g/mol. The number of carbonyl (C=O) groups excluding carboxylic acids is 3. The molecule has 3 amide bonds. The van der Waals surface area contributed by atoms with Gasteiger partial charge in [0.05, 0.1) is 47.5 Å². The number of anilines is 2. The molecule has 0 radical (unpaired) electrons. The average molecular weight is 491 g/mol. The van der Waals surface area contributed by atoms with E-state index in [0.717, 1.165) is 0 Å². The number of nitrogens with one attached hydrogen (secondary N) is 1. The SMILES string of the molecule is COc1ccc(N2C(=O)CC(N3CCN(CC(=O)Nc4ccccc4Cl)CC3)C2=O)cc1Cl. The van der Waals surface area contributed by atoms with Crippen molar-refractivity contribution in [3.63, 3.8) is 0 Å². The van der Waals surface area contributed by atoms with Crippen LogP contribution >= 0.6 is 23.2 Å². The summed E-state index contributed by atoms with van der Waals surface area (Å²) in [6.07, 6.45) is 0.121. The first-order chi connectivity index (χ1) is 15.9. The molecule has 2 aromatic carbocycles. The predicted octanol–water partition coefficient (Wildman–Crippen LogP) is 2.89. The van der Waals surface area contributed by atoms with Crippen LogP contribution in [0.25, 0.3) is 0 Å². The molecule has 2 aliphatic heterocycles. The molecule has 2 aromatic rings. The van der Waals surface area contributed by atoms with Crippen molar-refractivity contribution in [2.45, 2.75) is 12.5 Å². The van der Waals surface area contributed by atoms with Gasteiger partial charge in [0.15, 0.2) is 0 Å². The third-order valence-corrected chi connectivity index (χ3v) is 6.50. The van der Waals surface area contributed by atoms with Gasteiger partial charge in [0.2, 0.25) is 11.8 Å². The van der Waals surface area contributed by atoms with Gasteiger partial charge < -0.3 is 10.1 Å². The van der Waals surface area contributed by atoms with Crippen LogP contribution in [0.5, 0.6) is 5.75 Å². The number of imide groups is 1. The van der Waals surface area contributed by atoms with E-state index in [2.05, 4.69) is 5.32 Å². The van der Waals surface area contributed by atoms with Gasteiger partial charge in [-0.05, 0) is 30.3 Å². The molecule has 0 bridgehead atoms. The Labute approximate surface area is 202 Å². The summed E-state index contributed by atoms with van der Waals surface area (Å²) in [5.74, 6) is -0.184. The van der Waals surface area contributed by atoms with Crippen LogP contribution < -0.4 is 15.0 Å². The molecule has 2 fully saturated rings. The van der Waals surface area contributed by atoms with E-state index in [1.165, 1.54) is 12.0 Å². The quantitative estimate of drug-likeness (QED) is 0.626. The maximum absolute atomic E-state index is 13.1. The number of methoxy groups -OCH3 is 1. The number of nitrogens with zero attached hydrogens (tertiary/aromatic N) is 3. The van der Waals surface area contributed by atoms with E-state index in [9.17, 15) is 14.4 Å². The first-order valence-electron chi connectivity index (χ1n) is 10.6. The van der Waals surface area contributed by atoms with Crippen LogP contribution in [0.15, 0.2) is 42.5 Å². The number of piperazine rings is 1. The van der Waals surface area contributed by atoms with Gasteiger partial charge in [-0.2, -0.15) is 0 Å². The van der Waals surface area contributed by atoms with Gasteiger partial charge in [0, 0.05) is 26.2 Å². The molecule has 2 aliphatic rings. The summed E-state index contributed by atoms with van der Waals surface area (Å²) >= 11 is 12.3. The summed E-state index contributed by atoms with van der Waals surface area (Å²) in [5.41, 5.74) is 1.02. The van der Waals surface area contributed by atoms with E-state index in [0.29, 0.717) is 53.3 Å². The molecular weight excluding hydrogens is 467 g/mol. The lowest BCUT2D eigenvalue weighted by Gasteiger charge is -2.36. The van der Waals surface area contributed by atoms with Gasteiger partial charge in [-0.3, -0.25) is 24.2 Å². The van der Waals surface area contributed by atoms with Crippen LogP contribution in [-0.2, 0) is 14.4 Å². The van der Waals surface area contributed by atoms with Crippen LogP contribution in [-0.4, -0.2) is 73.4 Å². The molecule has 174 valence electrons. The van der Waals surface area contributed by atoms with Crippen LogP contribution in [0.1, 0.15) is 6.42 Å². The van der Waals surface area contributed by atoms with Crippen LogP contribution in [0.4, 0.5) is 11.4 Å². The van der Waals surface area contributed by atoms with Crippen molar-refractivity contribution in [1.82, 2.24) is 9.80 Å². The van der Waals surface area contributed by atoms with Crippen LogP contribution in [0.2, 0.25) is 10.0 Å². The van der Waals surface area contributed by atoms with Crippen molar-refractivity contribution in [1.29, 1.82) is 0 Å². The zero-order valence-electron chi connectivity index (χ0n) is 18.1. The van der Waals surface area contributed by atoms with Gasteiger partial charge in [-0.25, -0.2) is 4.90 Å². The zero-order chi connectivity index (χ0) is 23.5. The lowest BCUT2D eigenvalue weighted by Crippen LogP contribution is -2.53. The van der Waals surface area contributed by atoms with Crippen molar-refractivity contribution in [2.75, 3.05) is 50.1 Å². The first-order valence-corrected chi connectivity index (χ1v) is 11.3. The zero-order valence-corrected chi connectivity index (χ0v) is 19.6. The molecule has 4 rings (SSSR count). The Morgan fingerprint density at radius 1 is 1.06 bits per heavy atom. The number of ether oxygens (including phenoxy) is 1. The maximum atomic E-state index is 13.1. The van der Waals surface area contributed by atoms with Crippen molar-refractivity contribution < 1.29 is 19.1 Å². The fourth-order valence-corrected chi connectivity index (χ4v) is 4.59. The van der Waals surface area contributed by atoms with Crippen LogP contribution in [0, 0.1) is 0 Å². The molecule has 0 aromatic heterocycles. The summed E-state index contributed by atoms with van der Waals surface area (Å²) in [6, 6.07) is 11.4. The summed E-state index contributed by atoms with van der Waals surface area (Å²) in [4.78, 5) is 43.3. The van der Waals surface area contributed by atoms with Gasteiger partial charge >= 0.3 is 0 Å². The molecular formula is C23H24Cl2N4O4. The Hall–Kier alpha value is -2.65.